The number of aromatic carboxylic acids is 1. The van der Waals surface area contributed by atoms with E-state index in [9.17, 15) is 9.59 Å². The van der Waals surface area contributed by atoms with Gasteiger partial charge in [0.2, 0.25) is 0 Å². The molecule has 0 aliphatic heterocycles. The molecule has 0 bridgehead atoms. The number of anilines is 1. The predicted molar refractivity (Wildman–Crippen MR) is 70.4 cm³/mol. The Bertz CT molecular complexity index is 624. The van der Waals surface area contributed by atoms with Crippen molar-refractivity contribution < 1.29 is 14.7 Å². The average Bonchev–Trinajstić information content (AvgIpc) is 2.89. The van der Waals surface area contributed by atoms with E-state index in [1.807, 2.05) is 0 Å². The second-order valence-electron chi connectivity index (χ2n) is 4.07. The molecule has 1 aromatic heterocycles. The van der Waals surface area contributed by atoms with Gasteiger partial charge in [-0.2, -0.15) is 5.10 Å². The molecule has 0 saturated carbocycles. The summed E-state index contributed by atoms with van der Waals surface area (Å²) in [6.07, 6.45) is 1.35. The van der Waals surface area contributed by atoms with E-state index in [1.165, 1.54) is 18.5 Å². The van der Waals surface area contributed by atoms with Crippen molar-refractivity contribution >= 4 is 17.7 Å². The number of carboxylic acid groups (broad SMARTS) is 1. The fraction of sp³-hybridized carbons (Fsp3) is 0.167. The van der Waals surface area contributed by atoms with Gasteiger partial charge in [-0.1, -0.05) is 0 Å². The molecule has 2 rings (SSSR count). The van der Waals surface area contributed by atoms with Crippen LogP contribution in [0.4, 0.5) is 10.5 Å². The Morgan fingerprint density at radius 1 is 1.40 bits per heavy atom. The average molecular weight is 275 g/mol. The van der Waals surface area contributed by atoms with E-state index in [4.69, 9.17) is 5.11 Å². The minimum absolute atomic E-state index is 0.206. The first kappa shape index (κ1) is 13.5. The second-order valence-corrected chi connectivity index (χ2v) is 4.07. The highest BCUT2D eigenvalue weighted by molar-refractivity contribution is 5.92. The normalized spacial score (nSPS) is 10.1. The van der Waals surface area contributed by atoms with Gasteiger partial charge < -0.3 is 15.7 Å². The number of aromatic nitrogens is 3. The number of carboxylic acids is 1. The van der Waals surface area contributed by atoms with E-state index in [2.05, 4.69) is 25.8 Å². The van der Waals surface area contributed by atoms with Gasteiger partial charge in [0, 0.05) is 5.69 Å². The van der Waals surface area contributed by atoms with Crippen molar-refractivity contribution in [2.45, 2.75) is 13.5 Å². The standard InChI is InChI=1S/C12H13N5O3/c1-7-4-8(2-3-9(7)11(18)19)16-12(20)13-5-10-14-6-15-17-10/h2-4,6H,5H2,1H3,(H,18,19)(H2,13,16,20)(H,14,15,17). The SMILES string of the molecule is Cc1cc(NC(=O)NCc2ncn[nH]2)ccc1C(=O)O. The summed E-state index contributed by atoms with van der Waals surface area (Å²) in [5.41, 5.74) is 1.30. The molecule has 2 amide bonds. The Hall–Kier alpha value is -2.90. The summed E-state index contributed by atoms with van der Waals surface area (Å²) in [7, 11) is 0. The van der Waals surface area contributed by atoms with Gasteiger partial charge in [-0.05, 0) is 30.7 Å². The lowest BCUT2D eigenvalue weighted by atomic mass is 10.1. The molecule has 4 N–H and O–H groups in total. The van der Waals surface area contributed by atoms with Crippen LogP contribution in [0.3, 0.4) is 0 Å². The molecule has 0 saturated heterocycles. The van der Waals surface area contributed by atoms with Crippen molar-refractivity contribution in [3.63, 3.8) is 0 Å². The van der Waals surface area contributed by atoms with E-state index in [1.54, 1.807) is 13.0 Å². The number of rotatable bonds is 4. The third kappa shape index (κ3) is 3.31. The second kappa shape index (κ2) is 5.83. The zero-order chi connectivity index (χ0) is 14.5. The zero-order valence-corrected chi connectivity index (χ0v) is 10.7. The van der Waals surface area contributed by atoms with Crippen LogP contribution in [-0.2, 0) is 6.54 Å². The highest BCUT2D eigenvalue weighted by Crippen LogP contribution is 2.15. The first-order valence-corrected chi connectivity index (χ1v) is 5.79. The maximum absolute atomic E-state index is 11.6. The smallest absolute Gasteiger partial charge is 0.335 e. The number of nitrogens with one attached hydrogen (secondary N) is 3. The molecular formula is C12H13N5O3. The molecule has 8 nitrogen and oxygen atoms in total. The van der Waals surface area contributed by atoms with Crippen molar-refractivity contribution in [3.8, 4) is 0 Å². The van der Waals surface area contributed by atoms with Gasteiger partial charge in [0.15, 0.2) is 0 Å². The maximum atomic E-state index is 11.6. The quantitative estimate of drug-likeness (QED) is 0.666. The molecule has 0 spiro atoms. The van der Waals surface area contributed by atoms with Crippen LogP contribution in [0.1, 0.15) is 21.7 Å². The Morgan fingerprint density at radius 3 is 2.80 bits per heavy atom. The minimum Gasteiger partial charge on any atom is -0.478 e. The van der Waals surface area contributed by atoms with Crippen LogP contribution >= 0.6 is 0 Å². The molecule has 0 radical (unpaired) electrons. The van der Waals surface area contributed by atoms with Crippen LogP contribution in [0.2, 0.25) is 0 Å². The van der Waals surface area contributed by atoms with Crippen molar-refractivity contribution in [2.24, 2.45) is 0 Å². The van der Waals surface area contributed by atoms with Gasteiger partial charge in [-0.3, -0.25) is 5.10 Å². The minimum atomic E-state index is -0.996. The van der Waals surface area contributed by atoms with Gasteiger partial charge in [-0.25, -0.2) is 14.6 Å². The molecule has 2 aromatic rings. The summed E-state index contributed by atoms with van der Waals surface area (Å²) in [4.78, 5) is 26.4. The maximum Gasteiger partial charge on any atom is 0.335 e. The highest BCUT2D eigenvalue weighted by atomic mass is 16.4. The lowest BCUT2D eigenvalue weighted by molar-refractivity contribution is 0.0696. The van der Waals surface area contributed by atoms with Crippen LogP contribution < -0.4 is 10.6 Å². The number of H-pyrrole nitrogens is 1. The lowest BCUT2D eigenvalue weighted by Crippen LogP contribution is -2.28. The van der Waals surface area contributed by atoms with Crippen molar-refractivity contribution in [3.05, 3.63) is 41.5 Å². The first-order valence-electron chi connectivity index (χ1n) is 5.79. The number of aryl methyl sites for hydroxylation is 1. The van der Waals surface area contributed by atoms with E-state index in [-0.39, 0.29) is 12.1 Å². The van der Waals surface area contributed by atoms with Crippen LogP contribution in [0, 0.1) is 6.92 Å². The van der Waals surface area contributed by atoms with Gasteiger partial charge >= 0.3 is 12.0 Å². The number of nitrogens with zero attached hydrogens (tertiary/aromatic N) is 2. The molecule has 1 heterocycles. The molecule has 0 fully saturated rings. The van der Waals surface area contributed by atoms with Crippen LogP contribution in [-0.4, -0.2) is 32.3 Å². The third-order valence-electron chi connectivity index (χ3n) is 2.60. The Balaban J connectivity index is 1.94. The Morgan fingerprint density at radius 2 is 2.20 bits per heavy atom. The number of aromatic amines is 1. The molecular weight excluding hydrogens is 262 g/mol. The number of hydrogen-bond donors (Lipinski definition) is 4. The van der Waals surface area contributed by atoms with Crippen LogP contribution in [0.15, 0.2) is 24.5 Å². The molecule has 0 atom stereocenters. The Labute approximate surface area is 114 Å². The van der Waals surface area contributed by atoms with Gasteiger partial charge in [0.1, 0.15) is 12.2 Å². The molecule has 0 aliphatic carbocycles. The van der Waals surface area contributed by atoms with Crippen LogP contribution in [0.5, 0.6) is 0 Å². The topological polar surface area (TPSA) is 120 Å². The number of carbonyl (C=O) groups is 2. The van der Waals surface area contributed by atoms with Crippen molar-refractivity contribution in [2.75, 3.05) is 5.32 Å². The van der Waals surface area contributed by atoms with Gasteiger partial charge in [0.25, 0.3) is 0 Å². The molecule has 20 heavy (non-hydrogen) atoms. The number of benzene rings is 1. The summed E-state index contributed by atoms with van der Waals surface area (Å²) in [6, 6.07) is 4.16. The first-order chi connectivity index (χ1) is 9.56. The molecule has 0 aliphatic rings. The fourth-order valence-corrected chi connectivity index (χ4v) is 1.64. The number of amides is 2. The van der Waals surface area contributed by atoms with E-state index in [0.717, 1.165) is 0 Å². The molecule has 0 unspecified atom stereocenters. The Kier molecular flexibility index (Phi) is 3.94. The van der Waals surface area contributed by atoms with E-state index >= 15 is 0 Å². The number of carbonyl (C=O) groups excluding carboxylic acids is 1. The van der Waals surface area contributed by atoms with E-state index in [0.29, 0.717) is 17.1 Å². The zero-order valence-electron chi connectivity index (χ0n) is 10.7. The van der Waals surface area contributed by atoms with E-state index < -0.39 is 12.0 Å². The largest absolute Gasteiger partial charge is 0.478 e. The third-order valence-corrected chi connectivity index (χ3v) is 2.60. The lowest BCUT2D eigenvalue weighted by Gasteiger charge is -2.08. The summed E-state index contributed by atoms with van der Waals surface area (Å²) in [5, 5.41) is 20.4. The summed E-state index contributed by atoms with van der Waals surface area (Å²) >= 11 is 0. The molecule has 1 aromatic carbocycles. The molecule has 8 heteroatoms. The number of hydrogen-bond acceptors (Lipinski definition) is 4. The van der Waals surface area contributed by atoms with Crippen LogP contribution in [0.25, 0.3) is 0 Å². The van der Waals surface area contributed by atoms with Crippen molar-refractivity contribution in [1.29, 1.82) is 0 Å². The highest BCUT2D eigenvalue weighted by Gasteiger charge is 2.08. The fourth-order valence-electron chi connectivity index (χ4n) is 1.64. The van der Waals surface area contributed by atoms with Crippen molar-refractivity contribution in [1.82, 2.24) is 20.5 Å². The number of urea groups is 1. The summed E-state index contributed by atoms with van der Waals surface area (Å²) in [6.45, 7) is 1.89. The monoisotopic (exact) mass is 275 g/mol. The van der Waals surface area contributed by atoms with Gasteiger partial charge in [-0.15, -0.1) is 0 Å². The summed E-state index contributed by atoms with van der Waals surface area (Å²) < 4.78 is 0. The predicted octanol–water partition coefficient (Wildman–Crippen LogP) is 1.13. The van der Waals surface area contributed by atoms with Gasteiger partial charge in [0.05, 0.1) is 12.1 Å². The summed E-state index contributed by atoms with van der Waals surface area (Å²) in [5.74, 6) is -0.457. The molecule has 104 valence electrons.